The van der Waals surface area contributed by atoms with Crippen molar-refractivity contribution in [3.8, 4) is 0 Å². The fourth-order valence-electron chi connectivity index (χ4n) is 1.64. The molecule has 1 heterocycles. The van der Waals surface area contributed by atoms with E-state index in [0.717, 1.165) is 6.54 Å². The molecule has 0 aliphatic carbocycles. The van der Waals surface area contributed by atoms with Crippen LogP contribution in [0.3, 0.4) is 0 Å². The molecule has 1 unspecified atom stereocenters. The molecule has 0 amide bonds. The normalized spacial score (nSPS) is 21.8. The van der Waals surface area contributed by atoms with Crippen molar-refractivity contribution in [2.24, 2.45) is 10.7 Å². The smallest absolute Gasteiger partial charge is 0.188 e. The van der Waals surface area contributed by atoms with Crippen LogP contribution in [0.5, 0.6) is 0 Å². The molecular weight excluding hydrogens is 164 g/mol. The van der Waals surface area contributed by atoms with Crippen molar-refractivity contribution < 1.29 is 0 Å². The molecule has 0 aromatic carbocycles. The Kier molecular flexibility index (Phi) is 4.02. The molecule has 76 valence electrons. The van der Waals surface area contributed by atoms with Gasteiger partial charge in [0.2, 0.25) is 0 Å². The van der Waals surface area contributed by atoms with Gasteiger partial charge >= 0.3 is 0 Å². The van der Waals surface area contributed by atoms with Crippen molar-refractivity contribution in [2.45, 2.75) is 25.8 Å². The maximum absolute atomic E-state index is 5.54. The summed E-state index contributed by atoms with van der Waals surface area (Å²) in [5.41, 5.74) is 5.54. The molecule has 1 atom stereocenters. The van der Waals surface area contributed by atoms with E-state index in [1.807, 2.05) is 0 Å². The van der Waals surface area contributed by atoms with Gasteiger partial charge < -0.3 is 11.1 Å². The minimum atomic E-state index is 0.533. The van der Waals surface area contributed by atoms with E-state index in [2.05, 4.69) is 22.1 Å². The molecule has 3 N–H and O–H groups in total. The number of nitrogens with two attached hydrogens (primary N) is 1. The second kappa shape index (κ2) is 5.07. The highest BCUT2D eigenvalue weighted by Gasteiger charge is 2.17. The maximum atomic E-state index is 5.54. The summed E-state index contributed by atoms with van der Waals surface area (Å²) >= 11 is 0. The number of aliphatic imine (C=N–C) groups is 1. The Bertz CT molecular complexity index is 172. The van der Waals surface area contributed by atoms with E-state index in [-0.39, 0.29) is 0 Å². The Labute approximate surface area is 80.2 Å². The second-order valence-electron chi connectivity index (χ2n) is 3.58. The van der Waals surface area contributed by atoms with Crippen LogP contribution in [-0.4, -0.2) is 43.6 Å². The van der Waals surface area contributed by atoms with Gasteiger partial charge in [-0.05, 0) is 32.9 Å². The Morgan fingerprint density at radius 1 is 1.54 bits per heavy atom. The first-order valence-electron chi connectivity index (χ1n) is 4.94. The summed E-state index contributed by atoms with van der Waals surface area (Å²) in [4.78, 5) is 6.33. The minimum Gasteiger partial charge on any atom is -0.370 e. The molecular formula is C9H20N4. The molecule has 0 aromatic rings. The van der Waals surface area contributed by atoms with E-state index < -0.39 is 0 Å². The molecule has 1 saturated heterocycles. The minimum absolute atomic E-state index is 0.533. The van der Waals surface area contributed by atoms with Crippen LogP contribution in [0.25, 0.3) is 0 Å². The number of nitrogens with one attached hydrogen (secondary N) is 1. The molecule has 1 fully saturated rings. The predicted octanol–water partition coefficient (Wildman–Crippen LogP) is 0.00480. The highest BCUT2D eigenvalue weighted by atomic mass is 15.2. The van der Waals surface area contributed by atoms with Gasteiger partial charge in [0.1, 0.15) is 0 Å². The Morgan fingerprint density at radius 3 is 2.69 bits per heavy atom. The zero-order valence-electron chi connectivity index (χ0n) is 8.58. The molecule has 0 aromatic heterocycles. The van der Waals surface area contributed by atoms with Crippen LogP contribution in [0.1, 0.15) is 19.8 Å². The summed E-state index contributed by atoms with van der Waals surface area (Å²) < 4.78 is 0. The van der Waals surface area contributed by atoms with Gasteiger partial charge in [-0.3, -0.25) is 9.89 Å². The molecule has 0 spiro atoms. The topological polar surface area (TPSA) is 53.6 Å². The van der Waals surface area contributed by atoms with Gasteiger partial charge in [-0.15, -0.1) is 0 Å². The molecule has 4 nitrogen and oxygen atoms in total. The van der Waals surface area contributed by atoms with E-state index in [0.29, 0.717) is 12.0 Å². The molecule has 1 aliphatic rings. The van der Waals surface area contributed by atoms with Crippen molar-refractivity contribution in [3.05, 3.63) is 0 Å². The third-order valence-corrected chi connectivity index (χ3v) is 2.58. The zero-order valence-corrected chi connectivity index (χ0v) is 8.58. The van der Waals surface area contributed by atoms with E-state index in [1.54, 1.807) is 7.05 Å². The second-order valence-corrected chi connectivity index (χ2v) is 3.58. The van der Waals surface area contributed by atoms with Crippen molar-refractivity contribution in [2.75, 3.05) is 26.7 Å². The number of hydrogen-bond acceptors (Lipinski definition) is 2. The SMILES string of the molecule is CN=C(N)NCC(C)N1CCCC1. The van der Waals surface area contributed by atoms with Gasteiger partial charge in [-0.1, -0.05) is 0 Å². The quantitative estimate of drug-likeness (QED) is 0.480. The average molecular weight is 184 g/mol. The van der Waals surface area contributed by atoms with Gasteiger partial charge in [0.15, 0.2) is 5.96 Å². The lowest BCUT2D eigenvalue weighted by Crippen LogP contribution is -2.43. The summed E-state index contributed by atoms with van der Waals surface area (Å²) in [6.07, 6.45) is 2.67. The van der Waals surface area contributed by atoms with Crippen LogP contribution >= 0.6 is 0 Å². The first-order chi connectivity index (χ1) is 6.24. The predicted molar refractivity (Wildman–Crippen MR) is 55.8 cm³/mol. The van der Waals surface area contributed by atoms with Crippen molar-refractivity contribution >= 4 is 5.96 Å². The van der Waals surface area contributed by atoms with E-state index >= 15 is 0 Å². The summed E-state index contributed by atoms with van der Waals surface area (Å²) in [5.74, 6) is 0.533. The third kappa shape index (κ3) is 3.22. The fraction of sp³-hybridized carbons (Fsp3) is 0.889. The summed E-state index contributed by atoms with van der Waals surface area (Å²) in [7, 11) is 1.70. The maximum Gasteiger partial charge on any atom is 0.188 e. The van der Waals surface area contributed by atoms with Crippen LogP contribution < -0.4 is 11.1 Å². The molecule has 1 rings (SSSR count). The van der Waals surface area contributed by atoms with Crippen LogP contribution in [0.4, 0.5) is 0 Å². The first-order valence-corrected chi connectivity index (χ1v) is 4.94. The van der Waals surface area contributed by atoms with Crippen LogP contribution in [-0.2, 0) is 0 Å². The lowest BCUT2D eigenvalue weighted by molar-refractivity contribution is 0.259. The number of guanidine groups is 1. The summed E-state index contributed by atoms with van der Waals surface area (Å²) in [6.45, 7) is 5.57. The van der Waals surface area contributed by atoms with Crippen LogP contribution in [0.2, 0.25) is 0 Å². The van der Waals surface area contributed by atoms with Crippen LogP contribution in [0, 0.1) is 0 Å². The number of hydrogen-bond donors (Lipinski definition) is 2. The summed E-state index contributed by atoms with van der Waals surface area (Å²) in [5, 5.41) is 3.10. The average Bonchev–Trinajstić information content (AvgIpc) is 2.66. The van der Waals surface area contributed by atoms with Gasteiger partial charge in [0.25, 0.3) is 0 Å². The van der Waals surface area contributed by atoms with E-state index in [1.165, 1.54) is 25.9 Å². The molecule has 4 heteroatoms. The van der Waals surface area contributed by atoms with Gasteiger partial charge in [0, 0.05) is 19.6 Å². The lowest BCUT2D eigenvalue weighted by Gasteiger charge is -2.23. The summed E-state index contributed by atoms with van der Waals surface area (Å²) in [6, 6.07) is 0.558. The Balaban J connectivity index is 2.20. The van der Waals surface area contributed by atoms with Crippen molar-refractivity contribution in [1.82, 2.24) is 10.2 Å². The Hall–Kier alpha value is -0.770. The molecule has 0 radical (unpaired) electrons. The standard InChI is InChI=1S/C9H20N4/c1-8(7-12-9(10)11-2)13-5-3-4-6-13/h8H,3-7H2,1-2H3,(H3,10,11,12). The number of rotatable bonds is 3. The van der Waals surface area contributed by atoms with E-state index in [4.69, 9.17) is 5.73 Å². The monoisotopic (exact) mass is 184 g/mol. The highest BCUT2D eigenvalue weighted by molar-refractivity contribution is 5.77. The molecule has 0 bridgehead atoms. The van der Waals surface area contributed by atoms with Gasteiger partial charge in [-0.2, -0.15) is 0 Å². The van der Waals surface area contributed by atoms with Crippen LogP contribution in [0.15, 0.2) is 4.99 Å². The van der Waals surface area contributed by atoms with E-state index in [9.17, 15) is 0 Å². The van der Waals surface area contributed by atoms with Gasteiger partial charge in [-0.25, -0.2) is 0 Å². The molecule has 0 saturated carbocycles. The zero-order chi connectivity index (χ0) is 9.68. The number of nitrogens with zero attached hydrogens (tertiary/aromatic N) is 2. The largest absolute Gasteiger partial charge is 0.370 e. The van der Waals surface area contributed by atoms with Gasteiger partial charge in [0.05, 0.1) is 0 Å². The Morgan fingerprint density at radius 2 is 2.15 bits per heavy atom. The molecule has 1 aliphatic heterocycles. The number of likely N-dealkylation sites (tertiary alicyclic amines) is 1. The lowest BCUT2D eigenvalue weighted by atomic mass is 10.3. The van der Waals surface area contributed by atoms with Crippen molar-refractivity contribution in [1.29, 1.82) is 0 Å². The highest BCUT2D eigenvalue weighted by Crippen LogP contribution is 2.10. The third-order valence-electron chi connectivity index (χ3n) is 2.58. The van der Waals surface area contributed by atoms with Crippen molar-refractivity contribution in [3.63, 3.8) is 0 Å². The fourth-order valence-corrected chi connectivity index (χ4v) is 1.64. The first kappa shape index (κ1) is 10.3. The molecule has 13 heavy (non-hydrogen) atoms.